The van der Waals surface area contributed by atoms with Crippen molar-refractivity contribution >= 4 is 22.4 Å². The smallest absolute Gasteiger partial charge is 0.0475 e. The molecule has 2 atom stereocenters. The highest BCUT2D eigenvalue weighted by Crippen LogP contribution is 2.13. The number of hydrogen-bond donors (Lipinski definition) is 0. The summed E-state index contributed by atoms with van der Waals surface area (Å²) >= 11 is 5.90. The molecule has 0 aromatic heterocycles. The summed E-state index contributed by atoms with van der Waals surface area (Å²) in [6.07, 6.45) is 2.83. The molecule has 1 aliphatic rings. The van der Waals surface area contributed by atoms with Crippen molar-refractivity contribution in [1.29, 1.82) is 0 Å². The van der Waals surface area contributed by atoms with Crippen molar-refractivity contribution < 1.29 is 4.21 Å². The predicted octanol–water partition coefficient (Wildman–Crippen LogP) is 0.678. The van der Waals surface area contributed by atoms with Gasteiger partial charge < -0.3 is 4.90 Å². The van der Waals surface area contributed by atoms with E-state index in [1.54, 1.807) is 6.26 Å². The fraction of sp³-hybridized carbons (Fsp3) is 1.00. The van der Waals surface area contributed by atoms with Gasteiger partial charge in [-0.2, -0.15) is 0 Å². The van der Waals surface area contributed by atoms with E-state index in [0.717, 1.165) is 31.8 Å². The maximum atomic E-state index is 10.7. The average Bonchev–Trinajstić information content (AvgIpc) is 2.31. The zero-order valence-corrected chi connectivity index (χ0v) is 8.33. The highest BCUT2D eigenvalue weighted by Gasteiger charge is 2.19. The second kappa shape index (κ2) is 4.43. The lowest BCUT2D eigenvalue weighted by molar-refractivity contribution is 0.361. The van der Waals surface area contributed by atoms with E-state index in [1.807, 2.05) is 0 Å². The van der Waals surface area contributed by atoms with Crippen molar-refractivity contribution in [3.8, 4) is 0 Å². The van der Waals surface area contributed by atoms with Gasteiger partial charge in [-0.25, -0.2) is 0 Å². The Morgan fingerprint density at radius 2 is 2.45 bits per heavy atom. The summed E-state index contributed by atoms with van der Waals surface area (Å²) in [5, 5.41) is 0.320. The minimum atomic E-state index is -0.658. The Morgan fingerprint density at radius 1 is 1.73 bits per heavy atom. The Morgan fingerprint density at radius 3 is 2.91 bits per heavy atom. The summed E-state index contributed by atoms with van der Waals surface area (Å²) in [5.41, 5.74) is 0. The number of alkyl halides is 1. The molecule has 0 N–H and O–H groups in total. The Labute approximate surface area is 75.4 Å². The molecule has 0 bridgehead atoms. The summed E-state index contributed by atoms with van der Waals surface area (Å²) < 4.78 is 10.7. The minimum absolute atomic E-state index is 0.320. The normalized spacial score (nSPS) is 29.1. The molecule has 66 valence electrons. The number of rotatable bonds is 3. The molecular weight excluding hydrogens is 182 g/mol. The van der Waals surface area contributed by atoms with Crippen LogP contribution in [0.3, 0.4) is 0 Å². The minimum Gasteiger partial charge on any atom is -0.301 e. The SMILES string of the molecule is CS(=O)CCN1CCC(Cl)C1. The molecule has 1 heterocycles. The van der Waals surface area contributed by atoms with Crippen LogP contribution >= 0.6 is 11.6 Å². The number of halogens is 1. The average molecular weight is 196 g/mol. The van der Waals surface area contributed by atoms with E-state index >= 15 is 0 Å². The quantitative estimate of drug-likeness (QED) is 0.618. The molecule has 1 rings (SSSR count). The van der Waals surface area contributed by atoms with Crippen LogP contribution < -0.4 is 0 Å². The molecule has 0 saturated carbocycles. The topological polar surface area (TPSA) is 20.3 Å². The lowest BCUT2D eigenvalue weighted by atomic mass is 10.4. The molecule has 2 nitrogen and oxygen atoms in total. The molecule has 0 aliphatic carbocycles. The van der Waals surface area contributed by atoms with Gasteiger partial charge in [0.05, 0.1) is 0 Å². The monoisotopic (exact) mass is 195 g/mol. The molecule has 0 aromatic rings. The third kappa shape index (κ3) is 3.54. The molecule has 4 heteroatoms. The summed E-state index contributed by atoms with van der Waals surface area (Å²) in [6.45, 7) is 2.98. The Balaban J connectivity index is 2.13. The standard InChI is InChI=1S/C7H14ClNOS/c1-11(10)5-4-9-3-2-7(8)6-9/h7H,2-6H2,1H3. The third-order valence-electron chi connectivity index (χ3n) is 1.91. The van der Waals surface area contributed by atoms with Crippen molar-refractivity contribution in [2.45, 2.75) is 11.8 Å². The third-order valence-corrected chi connectivity index (χ3v) is 3.02. The van der Waals surface area contributed by atoms with Gasteiger partial charge in [0.15, 0.2) is 0 Å². The second-order valence-electron chi connectivity index (χ2n) is 2.96. The number of hydrogen-bond acceptors (Lipinski definition) is 2. The summed E-state index contributed by atoms with van der Waals surface area (Å²) in [4.78, 5) is 2.28. The number of likely N-dealkylation sites (tertiary alicyclic amines) is 1. The van der Waals surface area contributed by atoms with E-state index in [4.69, 9.17) is 11.6 Å². The van der Waals surface area contributed by atoms with Crippen LogP contribution in [0.4, 0.5) is 0 Å². The van der Waals surface area contributed by atoms with Gasteiger partial charge in [0.1, 0.15) is 0 Å². The zero-order chi connectivity index (χ0) is 8.27. The molecular formula is C7H14ClNOS. The Hall–Kier alpha value is 0.400. The van der Waals surface area contributed by atoms with Crippen LogP contribution in [0.1, 0.15) is 6.42 Å². The van der Waals surface area contributed by atoms with Gasteiger partial charge in [-0.05, 0) is 13.0 Å². The molecule has 11 heavy (non-hydrogen) atoms. The zero-order valence-electron chi connectivity index (χ0n) is 6.75. The van der Waals surface area contributed by atoms with Crippen LogP contribution in [-0.2, 0) is 10.8 Å². The fourth-order valence-electron chi connectivity index (χ4n) is 1.25. The van der Waals surface area contributed by atoms with Gasteiger partial charge in [0, 0.05) is 41.3 Å². The number of nitrogens with zero attached hydrogens (tertiary/aromatic N) is 1. The van der Waals surface area contributed by atoms with E-state index < -0.39 is 10.8 Å². The highest BCUT2D eigenvalue weighted by atomic mass is 35.5. The van der Waals surface area contributed by atoms with Gasteiger partial charge in [-0.15, -0.1) is 11.6 Å². The van der Waals surface area contributed by atoms with Gasteiger partial charge in [-0.1, -0.05) is 0 Å². The van der Waals surface area contributed by atoms with E-state index in [0.29, 0.717) is 5.38 Å². The van der Waals surface area contributed by atoms with Crippen LogP contribution in [0.2, 0.25) is 0 Å². The Bertz CT molecular complexity index is 153. The first-order valence-electron chi connectivity index (χ1n) is 3.85. The maximum Gasteiger partial charge on any atom is 0.0475 e. The van der Waals surface area contributed by atoms with Gasteiger partial charge in [-0.3, -0.25) is 4.21 Å². The molecule has 0 radical (unpaired) electrons. The summed E-state index contributed by atoms with van der Waals surface area (Å²) in [5.74, 6) is 0.781. The first-order chi connectivity index (χ1) is 5.18. The first kappa shape index (κ1) is 9.49. The van der Waals surface area contributed by atoms with Crippen LogP contribution in [-0.4, -0.2) is 46.1 Å². The molecule has 1 fully saturated rings. The van der Waals surface area contributed by atoms with Crippen molar-refractivity contribution in [3.05, 3.63) is 0 Å². The maximum absolute atomic E-state index is 10.7. The molecule has 2 unspecified atom stereocenters. The first-order valence-corrected chi connectivity index (χ1v) is 6.01. The van der Waals surface area contributed by atoms with Crippen molar-refractivity contribution in [3.63, 3.8) is 0 Å². The van der Waals surface area contributed by atoms with Crippen LogP contribution in [0, 0.1) is 0 Å². The van der Waals surface area contributed by atoms with Crippen molar-refractivity contribution in [1.82, 2.24) is 4.90 Å². The molecule has 0 spiro atoms. The fourth-order valence-corrected chi connectivity index (χ4v) is 2.05. The highest BCUT2D eigenvalue weighted by molar-refractivity contribution is 7.84. The summed E-state index contributed by atoms with van der Waals surface area (Å²) in [6, 6.07) is 0. The van der Waals surface area contributed by atoms with Gasteiger partial charge in [0.25, 0.3) is 0 Å². The Kier molecular flexibility index (Phi) is 3.82. The van der Waals surface area contributed by atoms with E-state index in [2.05, 4.69) is 4.90 Å². The second-order valence-corrected chi connectivity index (χ2v) is 5.14. The largest absolute Gasteiger partial charge is 0.301 e. The van der Waals surface area contributed by atoms with E-state index in [9.17, 15) is 4.21 Å². The lowest BCUT2D eigenvalue weighted by Gasteiger charge is -2.12. The summed E-state index contributed by atoms with van der Waals surface area (Å²) in [7, 11) is -0.658. The van der Waals surface area contributed by atoms with E-state index in [-0.39, 0.29) is 0 Å². The molecule has 1 aliphatic heterocycles. The van der Waals surface area contributed by atoms with Crippen LogP contribution in [0.15, 0.2) is 0 Å². The molecule has 0 amide bonds. The lowest BCUT2D eigenvalue weighted by Crippen LogP contribution is -2.25. The van der Waals surface area contributed by atoms with Gasteiger partial charge >= 0.3 is 0 Å². The van der Waals surface area contributed by atoms with Crippen LogP contribution in [0.5, 0.6) is 0 Å². The van der Waals surface area contributed by atoms with Gasteiger partial charge in [0.2, 0.25) is 0 Å². The van der Waals surface area contributed by atoms with Crippen molar-refractivity contribution in [2.24, 2.45) is 0 Å². The van der Waals surface area contributed by atoms with Crippen LogP contribution in [0.25, 0.3) is 0 Å². The predicted molar refractivity (Wildman–Crippen MR) is 49.6 cm³/mol. The van der Waals surface area contributed by atoms with Crippen molar-refractivity contribution in [2.75, 3.05) is 31.6 Å². The van der Waals surface area contributed by atoms with E-state index in [1.165, 1.54) is 0 Å². The molecule has 1 saturated heterocycles. The molecule has 0 aromatic carbocycles.